The SMILES string of the molecule is CNCc1ccnc(Oc2cccc(I)c2)c1F. The second-order valence-electron chi connectivity index (χ2n) is 3.68. The molecule has 0 spiro atoms. The molecule has 0 amide bonds. The summed E-state index contributed by atoms with van der Waals surface area (Å²) in [6.45, 7) is 0.442. The fraction of sp³-hybridized carbons (Fsp3) is 0.154. The predicted molar refractivity (Wildman–Crippen MR) is 76.2 cm³/mol. The fourth-order valence-electron chi connectivity index (χ4n) is 1.50. The minimum absolute atomic E-state index is 0.00440. The quantitative estimate of drug-likeness (QED) is 0.852. The summed E-state index contributed by atoms with van der Waals surface area (Å²) in [4.78, 5) is 3.92. The van der Waals surface area contributed by atoms with Crippen molar-refractivity contribution >= 4 is 22.6 Å². The first-order valence-corrected chi connectivity index (χ1v) is 6.50. The highest BCUT2D eigenvalue weighted by molar-refractivity contribution is 14.1. The van der Waals surface area contributed by atoms with Gasteiger partial charge < -0.3 is 10.1 Å². The van der Waals surface area contributed by atoms with Gasteiger partial charge >= 0.3 is 0 Å². The molecular formula is C13H12FIN2O. The molecule has 0 bridgehead atoms. The maximum absolute atomic E-state index is 14.0. The number of hydrogen-bond donors (Lipinski definition) is 1. The normalized spacial score (nSPS) is 10.4. The van der Waals surface area contributed by atoms with Crippen LogP contribution >= 0.6 is 22.6 Å². The van der Waals surface area contributed by atoms with Gasteiger partial charge in [0.05, 0.1) is 0 Å². The predicted octanol–water partition coefficient (Wildman–Crippen LogP) is 3.34. The van der Waals surface area contributed by atoms with E-state index in [1.54, 1.807) is 25.4 Å². The summed E-state index contributed by atoms with van der Waals surface area (Å²) < 4.78 is 20.5. The number of aromatic nitrogens is 1. The summed E-state index contributed by atoms with van der Waals surface area (Å²) in [7, 11) is 1.76. The number of pyridine rings is 1. The highest BCUT2D eigenvalue weighted by Crippen LogP contribution is 2.25. The van der Waals surface area contributed by atoms with Crippen LogP contribution in [0.4, 0.5) is 4.39 Å². The van der Waals surface area contributed by atoms with Crippen LogP contribution in [-0.2, 0) is 6.54 Å². The first-order valence-electron chi connectivity index (χ1n) is 5.42. The average Bonchev–Trinajstić information content (AvgIpc) is 2.35. The molecule has 0 aliphatic heterocycles. The molecule has 0 radical (unpaired) electrons. The molecule has 0 atom stereocenters. The van der Waals surface area contributed by atoms with Crippen molar-refractivity contribution in [2.24, 2.45) is 0 Å². The van der Waals surface area contributed by atoms with Gasteiger partial charge in [-0.1, -0.05) is 6.07 Å². The maximum Gasteiger partial charge on any atom is 0.256 e. The first kappa shape index (κ1) is 13.2. The lowest BCUT2D eigenvalue weighted by Gasteiger charge is -2.08. The molecule has 5 heteroatoms. The zero-order valence-electron chi connectivity index (χ0n) is 9.78. The van der Waals surface area contributed by atoms with Gasteiger partial charge in [-0.25, -0.2) is 9.37 Å². The topological polar surface area (TPSA) is 34.2 Å². The lowest BCUT2D eigenvalue weighted by Crippen LogP contribution is -2.08. The zero-order valence-corrected chi connectivity index (χ0v) is 11.9. The molecule has 0 fully saturated rings. The van der Waals surface area contributed by atoms with Gasteiger partial charge in [0.2, 0.25) is 0 Å². The second kappa shape index (κ2) is 6.10. The van der Waals surface area contributed by atoms with Gasteiger partial charge in [0, 0.05) is 21.9 Å². The molecule has 1 N–H and O–H groups in total. The molecule has 2 aromatic rings. The Hall–Kier alpha value is -1.21. The Morgan fingerprint density at radius 2 is 2.22 bits per heavy atom. The van der Waals surface area contributed by atoms with Crippen molar-refractivity contribution in [2.75, 3.05) is 7.05 Å². The third-order valence-corrected chi connectivity index (χ3v) is 2.99. The lowest BCUT2D eigenvalue weighted by molar-refractivity contribution is 0.418. The first-order chi connectivity index (χ1) is 8.70. The maximum atomic E-state index is 14.0. The van der Waals surface area contributed by atoms with Crippen molar-refractivity contribution < 1.29 is 9.13 Å². The van der Waals surface area contributed by atoms with Crippen LogP contribution in [0, 0.1) is 9.39 Å². The summed E-state index contributed by atoms with van der Waals surface area (Å²) in [5, 5.41) is 2.90. The minimum atomic E-state index is -0.425. The Labute approximate surface area is 119 Å². The zero-order chi connectivity index (χ0) is 13.0. The molecule has 18 heavy (non-hydrogen) atoms. The third kappa shape index (κ3) is 3.17. The van der Waals surface area contributed by atoms with E-state index in [9.17, 15) is 4.39 Å². The van der Waals surface area contributed by atoms with E-state index in [-0.39, 0.29) is 5.88 Å². The van der Waals surface area contributed by atoms with Crippen molar-refractivity contribution in [1.29, 1.82) is 0 Å². The van der Waals surface area contributed by atoms with E-state index < -0.39 is 5.82 Å². The van der Waals surface area contributed by atoms with Crippen LogP contribution in [0.5, 0.6) is 11.6 Å². The molecule has 0 aliphatic carbocycles. The molecule has 0 unspecified atom stereocenters. The Bertz CT molecular complexity index is 548. The smallest absolute Gasteiger partial charge is 0.256 e. The van der Waals surface area contributed by atoms with E-state index >= 15 is 0 Å². The third-order valence-electron chi connectivity index (χ3n) is 2.32. The number of nitrogens with zero attached hydrogens (tertiary/aromatic N) is 1. The number of nitrogens with one attached hydrogen (secondary N) is 1. The van der Waals surface area contributed by atoms with Crippen molar-refractivity contribution in [1.82, 2.24) is 10.3 Å². The van der Waals surface area contributed by atoms with Crippen LogP contribution < -0.4 is 10.1 Å². The van der Waals surface area contributed by atoms with Gasteiger partial charge in [0.15, 0.2) is 5.82 Å². The number of benzene rings is 1. The minimum Gasteiger partial charge on any atom is -0.436 e. The van der Waals surface area contributed by atoms with Crippen molar-refractivity contribution in [2.45, 2.75) is 6.54 Å². The van der Waals surface area contributed by atoms with Gasteiger partial charge in [-0.05, 0) is 53.9 Å². The molecule has 1 aromatic heterocycles. The van der Waals surface area contributed by atoms with Gasteiger partial charge in [0.25, 0.3) is 5.88 Å². The van der Waals surface area contributed by atoms with Crippen molar-refractivity contribution in [3.05, 3.63) is 51.5 Å². The Kier molecular flexibility index (Phi) is 4.48. The van der Waals surface area contributed by atoms with E-state index in [1.165, 1.54) is 0 Å². The highest BCUT2D eigenvalue weighted by Gasteiger charge is 2.11. The summed E-state index contributed by atoms with van der Waals surface area (Å²) in [5.41, 5.74) is 0.535. The molecule has 2 rings (SSSR count). The average molecular weight is 358 g/mol. The summed E-state index contributed by atoms with van der Waals surface area (Å²) >= 11 is 2.17. The highest BCUT2D eigenvalue weighted by atomic mass is 127. The number of hydrogen-bond acceptors (Lipinski definition) is 3. The van der Waals surface area contributed by atoms with Crippen LogP contribution in [0.2, 0.25) is 0 Å². The van der Waals surface area contributed by atoms with Crippen LogP contribution in [0.3, 0.4) is 0 Å². The van der Waals surface area contributed by atoms with Crippen molar-refractivity contribution in [3.63, 3.8) is 0 Å². The molecule has 0 aliphatic rings. The molecule has 0 saturated carbocycles. The molecular weight excluding hydrogens is 346 g/mol. The van der Waals surface area contributed by atoms with E-state index in [0.717, 1.165) is 3.57 Å². The van der Waals surface area contributed by atoms with Crippen LogP contribution in [-0.4, -0.2) is 12.0 Å². The van der Waals surface area contributed by atoms with Gasteiger partial charge in [-0.3, -0.25) is 0 Å². The standard InChI is InChI=1S/C13H12FIN2O/c1-16-8-9-5-6-17-13(12(9)14)18-11-4-2-3-10(15)7-11/h2-7,16H,8H2,1H3. The van der Waals surface area contributed by atoms with Crippen LogP contribution in [0.25, 0.3) is 0 Å². The molecule has 0 saturated heterocycles. The Morgan fingerprint density at radius 1 is 1.39 bits per heavy atom. The summed E-state index contributed by atoms with van der Waals surface area (Å²) in [6.07, 6.45) is 1.54. The Balaban J connectivity index is 2.26. The van der Waals surface area contributed by atoms with Gasteiger partial charge in [0.1, 0.15) is 5.75 Å². The van der Waals surface area contributed by atoms with E-state index in [1.807, 2.05) is 18.2 Å². The van der Waals surface area contributed by atoms with Crippen LogP contribution in [0.15, 0.2) is 36.5 Å². The molecule has 1 heterocycles. The Morgan fingerprint density at radius 3 is 2.94 bits per heavy atom. The molecule has 1 aromatic carbocycles. The monoisotopic (exact) mass is 358 g/mol. The number of ether oxygens (including phenoxy) is 1. The van der Waals surface area contributed by atoms with E-state index in [4.69, 9.17) is 4.74 Å². The molecule has 3 nitrogen and oxygen atoms in total. The number of rotatable bonds is 4. The summed E-state index contributed by atoms with van der Waals surface area (Å²) in [6, 6.07) is 9.02. The lowest BCUT2D eigenvalue weighted by atomic mass is 10.2. The second-order valence-corrected chi connectivity index (χ2v) is 4.92. The fourth-order valence-corrected chi connectivity index (χ4v) is 2.02. The summed E-state index contributed by atoms with van der Waals surface area (Å²) in [5.74, 6) is 0.158. The largest absolute Gasteiger partial charge is 0.436 e. The van der Waals surface area contributed by atoms with Crippen LogP contribution in [0.1, 0.15) is 5.56 Å². The van der Waals surface area contributed by atoms with Gasteiger partial charge in [-0.2, -0.15) is 0 Å². The van der Waals surface area contributed by atoms with Crippen molar-refractivity contribution in [3.8, 4) is 11.6 Å². The van der Waals surface area contributed by atoms with Gasteiger partial charge in [-0.15, -0.1) is 0 Å². The van der Waals surface area contributed by atoms with E-state index in [0.29, 0.717) is 17.9 Å². The molecule has 94 valence electrons. The number of halogens is 2. The van der Waals surface area contributed by atoms with E-state index in [2.05, 4.69) is 32.9 Å².